The third-order valence-corrected chi connectivity index (χ3v) is 4.54. The third kappa shape index (κ3) is 18.4. The first-order valence-electron chi connectivity index (χ1n) is 9.50. The van der Waals surface area contributed by atoms with Gasteiger partial charge in [-0.25, -0.2) is 0 Å². The van der Waals surface area contributed by atoms with Gasteiger partial charge in [0, 0.05) is 5.75 Å². The topological polar surface area (TPSA) is 0 Å². The summed E-state index contributed by atoms with van der Waals surface area (Å²) in [6.45, 7) is 2.29. The predicted molar refractivity (Wildman–Crippen MR) is 96.6 cm³/mol. The van der Waals surface area contributed by atoms with Crippen molar-refractivity contribution in [3.63, 3.8) is 0 Å². The number of rotatable bonds is 17. The molecular weight excluding hydrogens is 260 g/mol. The van der Waals surface area contributed by atoms with Gasteiger partial charge in [0.2, 0.25) is 0 Å². The van der Waals surface area contributed by atoms with Crippen LogP contribution in [0, 0.1) is 0 Å². The molecule has 0 spiro atoms. The molecular formula is C19H39S. The summed E-state index contributed by atoms with van der Waals surface area (Å²) in [5.74, 6) is 0.957. The molecule has 20 heavy (non-hydrogen) atoms. The van der Waals surface area contributed by atoms with E-state index in [-0.39, 0.29) is 0 Å². The Balaban J connectivity index is 2.89. The van der Waals surface area contributed by atoms with Crippen LogP contribution in [0.4, 0.5) is 0 Å². The van der Waals surface area contributed by atoms with Crippen molar-refractivity contribution in [3.05, 3.63) is 0 Å². The highest BCUT2D eigenvalue weighted by Crippen LogP contribution is 2.13. The van der Waals surface area contributed by atoms with Gasteiger partial charge in [-0.1, -0.05) is 122 Å². The van der Waals surface area contributed by atoms with Crippen LogP contribution in [-0.2, 0) is 0 Å². The molecule has 0 bridgehead atoms. The van der Waals surface area contributed by atoms with E-state index in [4.69, 9.17) is 12.6 Å². The van der Waals surface area contributed by atoms with Gasteiger partial charge in [-0.05, 0) is 6.42 Å². The Bertz CT molecular complexity index is 138. The Morgan fingerprint density at radius 3 is 0.900 bits per heavy atom. The molecule has 0 fully saturated rings. The van der Waals surface area contributed by atoms with Crippen molar-refractivity contribution in [2.45, 2.75) is 116 Å². The second-order valence-corrected chi connectivity index (χ2v) is 6.77. The molecule has 121 valence electrons. The van der Waals surface area contributed by atoms with E-state index in [9.17, 15) is 0 Å². The van der Waals surface area contributed by atoms with Gasteiger partial charge in [-0.15, -0.1) is 0 Å². The van der Waals surface area contributed by atoms with Crippen LogP contribution in [-0.4, -0.2) is 5.75 Å². The minimum absolute atomic E-state index is 0.957. The fourth-order valence-electron chi connectivity index (χ4n) is 2.83. The Labute approximate surface area is 134 Å². The van der Waals surface area contributed by atoms with Gasteiger partial charge in [0.1, 0.15) is 0 Å². The minimum Gasteiger partial charge on any atom is -0.0942 e. The summed E-state index contributed by atoms with van der Waals surface area (Å²) in [4.78, 5) is 0. The average molecular weight is 300 g/mol. The highest BCUT2D eigenvalue weighted by molar-refractivity contribution is 7.80. The van der Waals surface area contributed by atoms with E-state index in [1.165, 1.54) is 109 Å². The van der Waals surface area contributed by atoms with Crippen molar-refractivity contribution in [2.75, 3.05) is 5.75 Å². The first-order valence-corrected chi connectivity index (χ1v) is 10.1. The maximum atomic E-state index is 4.96. The van der Waals surface area contributed by atoms with Crippen molar-refractivity contribution >= 4 is 12.6 Å². The third-order valence-electron chi connectivity index (χ3n) is 4.25. The van der Waals surface area contributed by atoms with Crippen LogP contribution in [0.15, 0.2) is 0 Å². The molecule has 1 radical (unpaired) electrons. The fourth-order valence-corrected chi connectivity index (χ4v) is 3.03. The van der Waals surface area contributed by atoms with E-state index in [1.807, 2.05) is 0 Å². The Hall–Kier alpha value is 0.350. The first-order chi connectivity index (χ1) is 9.91. The summed E-state index contributed by atoms with van der Waals surface area (Å²) >= 11 is 4.96. The zero-order valence-corrected chi connectivity index (χ0v) is 15.0. The molecule has 0 amide bonds. The molecule has 1 heteroatoms. The Morgan fingerprint density at radius 1 is 0.400 bits per heavy atom. The quantitative estimate of drug-likeness (QED) is 0.240. The van der Waals surface area contributed by atoms with E-state index in [0.29, 0.717) is 0 Å². The lowest BCUT2D eigenvalue weighted by Gasteiger charge is -2.03. The normalized spacial score (nSPS) is 11.1. The molecule has 0 aliphatic heterocycles. The van der Waals surface area contributed by atoms with Gasteiger partial charge >= 0.3 is 0 Å². The van der Waals surface area contributed by atoms with Crippen LogP contribution in [0.2, 0.25) is 0 Å². The molecule has 0 aliphatic carbocycles. The van der Waals surface area contributed by atoms with Crippen LogP contribution in [0.5, 0.6) is 0 Å². The van der Waals surface area contributed by atoms with Crippen LogP contribution in [0.25, 0.3) is 0 Å². The molecule has 0 N–H and O–H groups in total. The van der Waals surface area contributed by atoms with Crippen molar-refractivity contribution in [2.24, 2.45) is 0 Å². The maximum absolute atomic E-state index is 4.96. The molecule has 0 unspecified atom stereocenters. The lowest BCUT2D eigenvalue weighted by atomic mass is 10.0. The summed E-state index contributed by atoms with van der Waals surface area (Å²) in [6.07, 6.45) is 24.5. The number of hydrogen-bond donors (Lipinski definition) is 0. The predicted octanol–water partition coefficient (Wildman–Crippen LogP) is 7.84. The maximum Gasteiger partial charge on any atom is 0.00369 e. The minimum atomic E-state index is 0.957. The second kappa shape index (κ2) is 19.4. The monoisotopic (exact) mass is 299 g/mol. The van der Waals surface area contributed by atoms with E-state index in [0.717, 1.165) is 5.75 Å². The van der Waals surface area contributed by atoms with Crippen LogP contribution in [0.3, 0.4) is 0 Å². The summed E-state index contributed by atoms with van der Waals surface area (Å²) in [7, 11) is 0. The molecule has 0 saturated heterocycles. The van der Waals surface area contributed by atoms with Gasteiger partial charge in [-0.2, -0.15) is 0 Å². The van der Waals surface area contributed by atoms with Crippen molar-refractivity contribution in [1.29, 1.82) is 0 Å². The summed E-state index contributed by atoms with van der Waals surface area (Å²) < 4.78 is 0. The van der Waals surface area contributed by atoms with E-state index >= 15 is 0 Å². The molecule has 0 heterocycles. The number of hydrogen-bond acceptors (Lipinski definition) is 0. The van der Waals surface area contributed by atoms with Gasteiger partial charge in [-0.3, -0.25) is 0 Å². The molecule has 0 aliphatic rings. The van der Waals surface area contributed by atoms with Crippen LogP contribution < -0.4 is 0 Å². The van der Waals surface area contributed by atoms with Crippen LogP contribution >= 0.6 is 12.6 Å². The highest BCUT2D eigenvalue weighted by Gasteiger charge is 1.94. The van der Waals surface area contributed by atoms with Gasteiger partial charge in [0.05, 0.1) is 0 Å². The SMILES string of the molecule is CCCCCCCCCCCCCCCCCCC[S]. The first kappa shape index (κ1) is 20.3. The van der Waals surface area contributed by atoms with E-state index < -0.39 is 0 Å². The molecule has 0 aromatic heterocycles. The molecule has 0 nitrogen and oxygen atoms in total. The Morgan fingerprint density at radius 2 is 0.650 bits per heavy atom. The smallest absolute Gasteiger partial charge is 0.00369 e. The zero-order valence-electron chi connectivity index (χ0n) is 14.1. The molecule has 0 aromatic rings. The number of unbranched alkanes of at least 4 members (excludes halogenated alkanes) is 16. The summed E-state index contributed by atoms with van der Waals surface area (Å²) in [5, 5.41) is 0. The fraction of sp³-hybridized carbons (Fsp3) is 1.00. The van der Waals surface area contributed by atoms with E-state index in [1.54, 1.807) is 0 Å². The van der Waals surface area contributed by atoms with E-state index in [2.05, 4.69) is 6.92 Å². The Kier molecular flexibility index (Phi) is 19.7. The molecule has 0 saturated carbocycles. The molecule has 0 atom stereocenters. The lowest BCUT2D eigenvalue weighted by Crippen LogP contribution is -1.84. The zero-order chi connectivity index (χ0) is 14.7. The summed E-state index contributed by atoms with van der Waals surface area (Å²) in [5.41, 5.74) is 0. The average Bonchev–Trinajstić information content (AvgIpc) is 2.47. The van der Waals surface area contributed by atoms with Gasteiger partial charge in [0.15, 0.2) is 0 Å². The standard InChI is InChI=1S/C19H39S/c1-2-3-4-5-6-7-8-9-10-11-12-13-14-15-16-17-18-19-20/h2-19H2,1H3. The molecule has 0 aromatic carbocycles. The highest BCUT2D eigenvalue weighted by atomic mass is 32.1. The van der Waals surface area contributed by atoms with Crippen LogP contribution in [0.1, 0.15) is 116 Å². The molecule has 0 rings (SSSR count). The lowest BCUT2D eigenvalue weighted by molar-refractivity contribution is 0.529. The van der Waals surface area contributed by atoms with Gasteiger partial charge in [0.25, 0.3) is 0 Å². The largest absolute Gasteiger partial charge is 0.0942 e. The van der Waals surface area contributed by atoms with Crippen molar-refractivity contribution in [3.8, 4) is 0 Å². The van der Waals surface area contributed by atoms with Crippen molar-refractivity contribution < 1.29 is 0 Å². The van der Waals surface area contributed by atoms with Crippen molar-refractivity contribution in [1.82, 2.24) is 0 Å². The second-order valence-electron chi connectivity index (χ2n) is 6.36. The van der Waals surface area contributed by atoms with Gasteiger partial charge < -0.3 is 0 Å². The summed E-state index contributed by atoms with van der Waals surface area (Å²) in [6, 6.07) is 0.